The van der Waals surface area contributed by atoms with E-state index in [1.54, 1.807) is 12.1 Å². The maximum Gasteiger partial charge on any atom is 0.127 e. The van der Waals surface area contributed by atoms with E-state index in [0.29, 0.717) is 18.0 Å². The Kier molecular flexibility index (Phi) is 5.17. The fourth-order valence-electron chi connectivity index (χ4n) is 3.21. The minimum absolute atomic E-state index is 0.0915. The molecule has 1 fully saturated rings. The van der Waals surface area contributed by atoms with Gasteiger partial charge in [-0.1, -0.05) is 32.0 Å². The summed E-state index contributed by atoms with van der Waals surface area (Å²) < 4.78 is 14.0. The molecule has 0 aromatic heterocycles. The van der Waals surface area contributed by atoms with Crippen molar-refractivity contribution in [3.05, 3.63) is 35.6 Å². The summed E-state index contributed by atoms with van der Waals surface area (Å²) in [6.07, 6.45) is 1.17. The van der Waals surface area contributed by atoms with Crippen molar-refractivity contribution in [3.8, 4) is 0 Å². The molecule has 1 aliphatic rings. The Labute approximate surface area is 122 Å². The van der Waals surface area contributed by atoms with Crippen LogP contribution in [0.3, 0.4) is 0 Å². The van der Waals surface area contributed by atoms with E-state index in [0.717, 1.165) is 18.7 Å². The summed E-state index contributed by atoms with van der Waals surface area (Å²) >= 11 is 0. The van der Waals surface area contributed by atoms with Gasteiger partial charge in [0.2, 0.25) is 0 Å². The van der Waals surface area contributed by atoms with Crippen molar-refractivity contribution in [2.75, 3.05) is 13.1 Å². The van der Waals surface area contributed by atoms with Gasteiger partial charge < -0.3 is 5.32 Å². The van der Waals surface area contributed by atoms with Crippen LogP contribution >= 0.6 is 0 Å². The van der Waals surface area contributed by atoms with Crippen LogP contribution in [0, 0.1) is 11.7 Å². The van der Waals surface area contributed by atoms with E-state index in [2.05, 4.69) is 37.9 Å². The monoisotopic (exact) mass is 278 g/mol. The average Bonchev–Trinajstić information content (AvgIpc) is 2.40. The lowest BCUT2D eigenvalue weighted by Gasteiger charge is -2.43. The van der Waals surface area contributed by atoms with Gasteiger partial charge in [-0.05, 0) is 32.3 Å². The molecule has 0 bridgehead atoms. The van der Waals surface area contributed by atoms with Crippen molar-refractivity contribution in [1.82, 2.24) is 10.2 Å². The first-order valence-electron chi connectivity index (χ1n) is 7.72. The van der Waals surface area contributed by atoms with E-state index in [-0.39, 0.29) is 11.9 Å². The van der Waals surface area contributed by atoms with Gasteiger partial charge in [-0.3, -0.25) is 4.90 Å². The Morgan fingerprint density at radius 3 is 2.65 bits per heavy atom. The highest BCUT2D eigenvalue weighted by atomic mass is 19.1. The first-order valence-corrected chi connectivity index (χ1v) is 7.72. The molecule has 0 radical (unpaired) electrons. The molecule has 1 heterocycles. The highest BCUT2D eigenvalue weighted by molar-refractivity contribution is 5.21. The van der Waals surface area contributed by atoms with Gasteiger partial charge >= 0.3 is 0 Å². The molecule has 1 aromatic rings. The quantitative estimate of drug-likeness (QED) is 0.905. The van der Waals surface area contributed by atoms with Crippen molar-refractivity contribution >= 4 is 0 Å². The summed E-state index contributed by atoms with van der Waals surface area (Å²) in [6.45, 7) is 10.8. The highest BCUT2D eigenvalue weighted by Gasteiger charge is 2.30. The molecule has 1 N–H and O–H groups in total. The SMILES string of the molecule is CC(C)CC1CN(C(C)c2ccccc2F)C(C)CN1. The molecule has 2 nitrogen and oxygen atoms in total. The smallest absolute Gasteiger partial charge is 0.127 e. The second-order valence-electron chi connectivity index (χ2n) is 6.48. The molecule has 3 atom stereocenters. The predicted octanol–water partition coefficient (Wildman–Crippen LogP) is 3.60. The molecule has 1 aromatic carbocycles. The molecule has 0 aliphatic carbocycles. The number of halogens is 1. The zero-order valence-electron chi connectivity index (χ0n) is 13.1. The fraction of sp³-hybridized carbons (Fsp3) is 0.647. The third-order valence-corrected chi connectivity index (χ3v) is 4.31. The maximum absolute atomic E-state index is 14.0. The Morgan fingerprint density at radius 1 is 1.30 bits per heavy atom. The molecule has 0 amide bonds. The van der Waals surface area contributed by atoms with Gasteiger partial charge in [0.05, 0.1) is 0 Å². The summed E-state index contributed by atoms with van der Waals surface area (Å²) in [6, 6.07) is 8.23. The molecule has 0 spiro atoms. The average molecular weight is 278 g/mol. The molecular weight excluding hydrogens is 251 g/mol. The molecular formula is C17H27FN2. The predicted molar refractivity (Wildman–Crippen MR) is 82.2 cm³/mol. The van der Waals surface area contributed by atoms with Crippen molar-refractivity contribution in [3.63, 3.8) is 0 Å². The fourth-order valence-corrected chi connectivity index (χ4v) is 3.21. The van der Waals surface area contributed by atoms with Crippen LogP contribution in [0.25, 0.3) is 0 Å². The summed E-state index contributed by atoms with van der Waals surface area (Å²) in [5, 5.41) is 3.62. The van der Waals surface area contributed by atoms with Crippen molar-refractivity contribution in [2.24, 2.45) is 5.92 Å². The lowest BCUT2D eigenvalue weighted by Crippen LogP contribution is -2.56. The summed E-state index contributed by atoms with van der Waals surface area (Å²) in [5.41, 5.74) is 0.810. The lowest BCUT2D eigenvalue weighted by molar-refractivity contribution is 0.0907. The standard InChI is InChI=1S/C17H27FN2/c1-12(2)9-15-11-20(13(3)10-19-15)14(4)16-7-5-6-8-17(16)18/h5-8,12-15,19H,9-11H2,1-4H3. The number of piperazine rings is 1. The van der Waals surface area contributed by atoms with Gasteiger partial charge in [-0.25, -0.2) is 4.39 Å². The van der Waals surface area contributed by atoms with Gasteiger partial charge in [0.25, 0.3) is 0 Å². The van der Waals surface area contributed by atoms with Crippen molar-refractivity contribution in [1.29, 1.82) is 0 Å². The minimum Gasteiger partial charge on any atom is -0.311 e. The maximum atomic E-state index is 14.0. The number of rotatable bonds is 4. The molecule has 1 aliphatic heterocycles. The summed E-state index contributed by atoms with van der Waals surface area (Å²) in [4.78, 5) is 2.43. The number of hydrogen-bond donors (Lipinski definition) is 1. The normalized spacial score (nSPS) is 25.9. The van der Waals surface area contributed by atoms with Crippen LogP contribution in [0.15, 0.2) is 24.3 Å². The number of hydrogen-bond acceptors (Lipinski definition) is 2. The third-order valence-electron chi connectivity index (χ3n) is 4.31. The van der Waals surface area contributed by atoms with Gasteiger partial charge in [0.15, 0.2) is 0 Å². The van der Waals surface area contributed by atoms with Gasteiger partial charge in [0, 0.05) is 36.8 Å². The topological polar surface area (TPSA) is 15.3 Å². The summed E-state index contributed by atoms with van der Waals surface area (Å²) in [5.74, 6) is 0.595. The Bertz CT molecular complexity index is 433. The van der Waals surface area contributed by atoms with E-state index < -0.39 is 0 Å². The van der Waals surface area contributed by atoms with E-state index in [9.17, 15) is 4.39 Å². The molecule has 3 unspecified atom stereocenters. The Balaban J connectivity index is 2.11. The van der Waals surface area contributed by atoms with Crippen LogP contribution in [-0.4, -0.2) is 30.1 Å². The van der Waals surface area contributed by atoms with Gasteiger partial charge in [-0.2, -0.15) is 0 Å². The Morgan fingerprint density at radius 2 is 2.00 bits per heavy atom. The zero-order chi connectivity index (χ0) is 14.7. The number of benzene rings is 1. The van der Waals surface area contributed by atoms with E-state index in [4.69, 9.17) is 0 Å². The van der Waals surface area contributed by atoms with E-state index in [1.165, 1.54) is 6.42 Å². The number of nitrogens with one attached hydrogen (secondary N) is 1. The molecule has 20 heavy (non-hydrogen) atoms. The van der Waals surface area contributed by atoms with Gasteiger partial charge in [0.1, 0.15) is 5.82 Å². The van der Waals surface area contributed by atoms with Crippen molar-refractivity contribution in [2.45, 2.75) is 52.2 Å². The Hall–Kier alpha value is -0.930. The minimum atomic E-state index is -0.0915. The second kappa shape index (κ2) is 6.68. The van der Waals surface area contributed by atoms with Crippen LogP contribution in [0.2, 0.25) is 0 Å². The van der Waals surface area contributed by atoms with E-state index >= 15 is 0 Å². The molecule has 0 saturated carbocycles. The highest BCUT2D eigenvalue weighted by Crippen LogP contribution is 2.27. The van der Waals surface area contributed by atoms with Crippen LogP contribution in [0.5, 0.6) is 0 Å². The lowest BCUT2D eigenvalue weighted by atomic mass is 9.97. The van der Waals surface area contributed by atoms with Crippen LogP contribution in [-0.2, 0) is 0 Å². The van der Waals surface area contributed by atoms with Crippen molar-refractivity contribution < 1.29 is 4.39 Å². The van der Waals surface area contributed by atoms with Crippen LogP contribution < -0.4 is 5.32 Å². The van der Waals surface area contributed by atoms with E-state index in [1.807, 2.05) is 12.1 Å². The molecule has 112 valence electrons. The zero-order valence-corrected chi connectivity index (χ0v) is 13.1. The van der Waals surface area contributed by atoms with Gasteiger partial charge in [-0.15, -0.1) is 0 Å². The first-order chi connectivity index (χ1) is 9.49. The number of nitrogens with zero attached hydrogens (tertiary/aromatic N) is 1. The molecule has 2 rings (SSSR count). The van der Waals surface area contributed by atoms with Crippen LogP contribution in [0.4, 0.5) is 4.39 Å². The third kappa shape index (κ3) is 3.58. The largest absolute Gasteiger partial charge is 0.311 e. The molecule has 1 saturated heterocycles. The second-order valence-corrected chi connectivity index (χ2v) is 6.48. The summed E-state index contributed by atoms with van der Waals surface area (Å²) in [7, 11) is 0. The van der Waals surface area contributed by atoms with Crippen LogP contribution in [0.1, 0.15) is 45.7 Å². The molecule has 3 heteroatoms. The first kappa shape index (κ1) is 15.5.